The smallest absolute Gasteiger partial charge is 0.257 e. The molecular formula is C25H29ClFN3O. The molecule has 2 aliphatic rings. The predicted octanol–water partition coefficient (Wildman–Crippen LogP) is 5.27. The molecule has 6 heteroatoms. The molecule has 164 valence electrons. The van der Waals surface area contributed by atoms with Crippen molar-refractivity contribution in [3.8, 4) is 0 Å². The average molecular weight is 442 g/mol. The Hall–Kier alpha value is -2.24. The van der Waals surface area contributed by atoms with E-state index in [0.29, 0.717) is 10.9 Å². The Morgan fingerprint density at radius 3 is 2.45 bits per heavy atom. The van der Waals surface area contributed by atoms with E-state index in [-0.39, 0.29) is 11.7 Å². The summed E-state index contributed by atoms with van der Waals surface area (Å²) in [5, 5.41) is 3.61. The van der Waals surface area contributed by atoms with Crippen LogP contribution in [0.25, 0.3) is 0 Å². The SMILES string of the molecule is CC1(c2ccc(Cl)cc2)N=C(CCCCN2CCC(c3ccc(F)cc3)CC2)NC1=O. The van der Waals surface area contributed by atoms with Crippen molar-refractivity contribution in [2.75, 3.05) is 19.6 Å². The lowest BCUT2D eigenvalue weighted by atomic mass is 9.89. The molecule has 0 saturated carbocycles. The van der Waals surface area contributed by atoms with Crippen molar-refractivity contribution >= 4 is 23.3 Å². The van der Waals surface area contributed by atoms with E-state index in [9.17, 15) is 9.18 Å². The summed E-state index contributed by atoms with van der Waals surface area (Å²) in [4.78, 5) is 19.8. The number of likely N-dealkylation sites (tertiary alicyclic amines) is 1. The maximum absolute atomic E-state index is 13.1. The van der Waals surface area contributed by atoms with Crippen LogP contribution in [0.5, 0.6) is 0 Å². The van der Waals surface area contributed by atoms with Crippen LogP contribution in [0.1, 0.15) is 56.1 Å². The first kappa shape index (κ1) is 22.0. The standard InChI is InChI=1S/C25H29ClFN3O/c1-25(20-7-9-21(26)10-8-20)24(31)28-23(29-25)4-2-3-15-30-16-13-19(14-17-30)18-5-11-22(27)12-6-18/h5-12,19H,2-4,13-17H2,1H3,(H,28,29,31). The fourth-order valence-corrected chi connectivity index (χ4v) is 4.67. The highest BCUT2D eigenvalue weighted by Crippen LogP contribution is 2.31. The summed E-state index contributed by atoms with van der Waals surface area (Å²) < 4.78 is 13.1. The minimum atomic E-state index is -0.873. The van der Waals surface area contributed by atoms with Crippen LogP contribution in [0.3, 0.4) is 0 Å². The van der Waals surface area contributed by atoms with Crippen molar-refractivity contribution < 1.29 is 9.18 Å². The summed E-state index contributed by atoms with van der Waals surface area (Å²) in [6.07, 6.45) is 5.09. The van der Waals surface area contributed by atoms with Crippen LogP contribution in [0, 0.1) is 5.82 Å². The van der Waals surface area contributed by atoms with Gasteiger partial charge in [0, 0.05) is 11.4 Å². The number of amides is 1. The number of halogens is 2. The number of piperidine rings is 1. The van der Waals surface area contributed by atoms with Gasteiger partial charge in [-0.15, -0.1) is 0 Å². The molecule has 0 radical (unpaired) electrons. The normalized spacial score (nSPS) is 22.4. The van der Waals surface area contributed by atoms with E-state index in [1.54, 1.807) is 24.3 Å². The fourth-order valence-electron chi connectivity index (χ4n) is 4.54. The molecule has 2 aromatic rings. The second-order valence-corrected chi connectivity index (χ2v) is 9.15. The van der Waals surface area contributed by atoms with Gasteiger partial charge in [0.05, 0.1) is 0 Å². The first-order valence-corrected chi connectivity index (χ1v) is 11.5. The second kappa shape index (κ2) is 9.49. The zero-order valence-electron chi connectivity index (χ0n) is 17.9. The van der Waals surface area contributed by atoms with Crippen molar-refractivity contribution in [3.05, 3.63) is 70.5 Å². The first-order valence-electron chi connectivity index (χ1n) is 11.1. The molecule has 1 amide bonds. The second-order valence-electron chi connectivity index (χ2n) is 8.72. The van der Waals surface area contributed by atoms with Gasteiger partial charge in [0.2, 0.25) is 0 Å². The average Bonchev–Trinajstić information content (AvgIpc) is 3.07. The fraction of sp³-hybridized carbons (Fsp3) is 0.440. The third-order valence-electron chi connectivity index (χ3n) is 6.53. The highest BCUT2D eigenvalue weighted by atomic mass is 35.5. The van der Waals surface area contributed by atoms with Gasteiger partial charge in [0.15, 0.2) is 5.54 Å². The molecular weight excluding hydrogens is 413 g/mol. The Kier molecular flexibility index (Phi) is 6.73. The van der Waals surface area contributed by atoms with Crippen molar-refractivity contribution in [1.29, 1.82) is 0 Å². The highest BCUT2D eigenvalue weighted by Gasteiger charge is 2.40. The third-order valence-corrected chi connectivity index (χ3v) is 6.78. The monoisotopic (exact) mass is 441 g/mol. The maximum Gasteiger partial charge on any atom is 0.257 e. The summed E-state index contributed by atoms with van der Waals surface area (Å²) in [7, 11) is 0. The summed E-state index contributed by atoms with van der Waals surface area (Å²) >= 11 is 5.97. The van der Waals surface area contributed by atoms with Crippen LogP contribution >= 0.6 is 11.6 Å². The lowest BCUT2D eigenvalue weighted by molar-refractivity contribution is -0.123. The van der Waals surface area contributed by atoms with E-state index >= 15 is 0 Å². The zero-order valence-corrected chi connectivity index (χ0v) is 18.7. The number of nitrogens with zero attached hydrogens (tertiary/aromatic N) is 2. The van der Waals surface area contributed by atoms with E-state index in [0.717, 1.165) is 63.1 Å². The molecule has 1 N–H and O–H groups in total. The van der Waals surface area contributed by atoms with Gasteiger partial charge in [0.1, 0.15) is 11.7 Å². The maximum atomic E-state index is 13.1. The molecule has 2 heterocycles. The van der Waals surface area contributed by atoms with Crippen LogP contribution in [0.2, 0.25) is 5.02 Å². The van der Waals surface area contributed by atoms with Crippen molar-refractivity contribution in [2.24, 2.45) is 4.99 Å². The lowest BCUT2D eigenvalue weighted by Crippen LogP contribution is -2.35. The summed E-state index contributed by atoms with van der Waals surface area (Å²) in [5.41, 5.74) is 1.23. The Bertz CT molecular complexity index is 936. The Labute approximate surface area is 188 Å². The number of carbonyl (C=O) groups excluding carboxylic acids is 1. The van der Waals surface area contributed by atoms with Crippen LogP contribution < -0.4 is 5.32 Å². The van der Waals surface area contributed by atoms with E-state index < -0.39 is 5.54 Å². The van der Waals surface area contributed by atoms with E-state index in [1.807, 2.05) is 31.2 Å². The number of carbonyl (C=O) groups is 1. The van der Waals surface area contributed by atoms with Crippen molar-refractivity contribution in [3.63, 3.8) is 0 Å². The highest BCUT2D eigenvalue weighted by molar-refractivity contribution is 6.30. The number of aliphatic imine (C=N–C) groups is 1. The topological polar surface area (TPSA) is 44.7 Å². The quantitative estimate of drug-likeness (QED) is 0.594. The summed E-state index contributed by atoms with van der Waals surface area (Å²) in [5.74, 6) is 1.06. The van der Waals surface area contributed by atoms with Gasteiger partial charge in [-0.3, -0.25) is 9.79 Å². The Morgan fingerprint density at radius 1 is 1.10 bits per heavy atom. The number of benzene rings is 2. The predicted molar refractivity (Wildman–Crippen MR) is 123 cm³/mol. The largest absolute Gasteiger partial charge is 0.312 e. The molecule has 2 aromatic carbocycles. The number of hydrogen-bond donors (Lipinski definition) is 1. The minimum Gasteiger partial charge on any atom is -0.312 e. The van der Waals surface area contributed by atoms with Gasteiger partial charge in [-0.2, -0.15) is 0 Å². The van der Waals surface area contributed by atoms with Crippen LogP contribution in [-0.4, -0.2) is 36.3 Å². The molecule has 2 aliphatic heterocycles. The summed E-state index contributed by atoms with van der Waals surface area (Å²) in [6, 6.07) is 14.3. The van der Waals surface area contributed by atoms with Gasteiger partial charge in [-0.1, -0.05) is 35.9 Å². The zero-order chi connectivity index (χ0) is 21.8. The van der Waals surface area contributed by atoms with Gasteiger partial charge >= 0.3 is 0 Å². The molecule has 0 aliphatic carbocycles. The molecule has 1 unspecified atom stereocenters. The van der Waals surface area contributed by atoms with Gasteiger partial charge < -0.3 is 10.2 Å². The molecule has 1 atom stereocenters. The summed E-state index contributed by atoms with van der Waals surface area (Å²) in [6.45, 7) is 5.07. The number of rotatable bonds is 7. The van der Waals surface area contributed by atoms with Crippen LogP contribution in [0.15, 0.2) is 53.5 Å². The van der Waals surface area contributed by atoms with Crippen molar-refractivity contribution in [2.45, 2.75) is 50.5 Å². The van der Waals surface area contributed by atoms with Crippen molar-refractivity contribution in [1.82, 2.24) is 10.2 Å². The van der Waals surface area contributed by atoms with Gasteiger partial charge in [0.25, 0.3) is 5.91 Å². The lowest BCUT2D eigenvalue weighted by Gasteiger charge is -2.32. The van der Waals surface area contributed by atoms with E-state index in [4.69, 9.17) is 16.6 Å². The molecule has 31 heavy (non-hydrogen) atoms. The molecule has 4 nitrogen and oxygen atoms in total. The number of amidine groups is 1. The van der Waals surface area contributed by atoms with E-state index in [1.165, 1.54) is 5.56 Å². The number of nitrogens with one attached hydrogen (secondary N) is 1. The van der Waals surface area contributed by atoms with Crippen LogP contribution in [-0.2, 0) is 10.3 Å². The molecule has 1 fully saturated rings. The van der Waals surface area contributed by atoms with Gasteiger partial charge in [-0.05, 0) is 93.6 Å². The molecule has 0 spiro atoms. The van der Waals surface area contributed by atoms with Crippen LogP contribution in [0.4, 0.5) is 4.39 Å². The molecule has 0 aromatic heterocycles. The number of unbranched alkanes of at least 4 members (excludes halogenated alkanes) is 1. The Morgan fingerprint density at radius 2 is 1.77 bits per heavy atom. The molecule has 0 bridgehead atoms. The molecule has 1 saturated heterocycles. The third kappa shape index (κ3) is 5.16. The Balaban J connectivity index is 1.21. The molecule has 4 rings (SSSR count). The number of hydrogen-bond acceptors (Lipinski definition) is 3. The minimum absolute atomic E-state index is 0.0762. The first-order chi connectivity index (χ1) is 14.9. The van der Waals surface area contributed by atoms with Gasteiger partial charge in [-0.25, -0.2) is 4.39 Å². The van der Waals surface area contributed by atoms with E-state index in [2.05, 4.69) is 10.2 Å².